The maximum atomic E-state index is 13.7. The monoisotopic (exact) mass is 634 g/mol. The summed E-state index contributed by atoms with van der Waals surface area (Å²) in [6.45, 7) is 0.910. The molecule has 242 valence electrons. The number of anilines is 1. The molecule has 0 radical (unpaired) electrons. The Kier molecular flexibility index (Phi) is 11.5. The summed E-state index contributed by atoms with van der Waals surface area (Å²) in [5, 5.41) is 7.76. The first kappa shape index (κ1) is 33.8. The van der Waals surface area contributed by atoms with Crippen molar-refractivity contribution in [3.05, 3.63) is 101 Å². The van der Waals surface area contributed by atoms with Crippen molar-refractivity contribution in [1.29, 1.82) is 0 Å². The number of alkyl halides is 3. The molecule has 4 rings (SSSR count). The van der Waals surface area contributed by atoms with Gasteiger partial charge >= 0.3 is 12.3 Å². The van der Waals surface area contributed by atoms with Crippen LogP contribution in [0, 0.1) is 18.6 Å². The number of alkyl carbamates (subject to hydrolysis) is 1. The van der Waals surface area contributed by atoms with Crippen LogP contribution < -0.4 is 21.7 Å². The first-order valence-corrected chi connectivity index (χ1v) is 14.4. The molecule has 45 heavy (non-hydrogen) atoms. The molecule has 0 unspecified atom stereocenters. The minimum atomic E-state index is -4.53. The fourth-order valence-electron chi connectivity index (χ4n) is 5.13. The van der Waals surface area contributed by atoms with Crippen molar-refractivity contribution in [1.82, 2.24) is 10.6 Å². The van der Waals surface area contributed by atoms with Crippen LogP contribution in [0.5, 0.6) is 0 Å². The first-order chi connectivity index (χ1) is 21.4. The molecule has 0 saturated carbocycles. The molecule has 0 aromatic heterocycles. The van der Waals surface area contributed by atoms with Crippen LogP contribution in [-0.2, 0) is 20.7 Å². The summed E-state index contributed by atoms with van der Waals surface area (Å²) in [5.74, 6) is -2.02. The zero-order valence-corrected chi connectivity index (χ0v) is 24.5. The van der Waals surface area contributed by atoms with Gasteiger partial charge in [-0.1, -0.05) is 36.4 Å². The van der Waals surface area contributed by atoms with Crippen molar-refractivity contribution < 1.29 is 41.0 Å². The van der Waals surface area contributed by atoms with Crippen LogP contribution in [0.4, 0.5) is 32.4 Å². The first-order valence-electron chi connectivity index (χ1n) is 14.4. The van der Waals surface area contributed by atoms with Crippen molar-refractivity contribution in [2.75, 3.05) is 31.6 Å². The quantitative estimate of drug-likeness (QED) is 0.222. The van der Waals surface area contributed by atoms with Gasteiger partial charge in [0.15, 0.2) is 0 Å². The number of rotatable bonds is 11. The van der Waals surface area contributed by atoms with E-state index in [-0.39, 0.29) is 25.4 Å². The van der Waals surface area contributed by atoms with Gasteiger partial charge in [-0.25, -0.2) is 13.6 Å². The number of aryl methyl sites for hydroxylation is 1. The molecule has 8 nitrogen and oxygen atoms in total. The Morgan fingerprint density at radius 1 is 1.02 bits per heavy atom. The minimum Gasteiger partial charge on any atom is -0.448 e. The fraction of sp³-hybridized carbons (Fsp3) is 0.375. The zero-order chi connectivity index (χ0) is 32.6. The third-order valence-corrected chi connectivity index (χ3v) is 7.52. The lowest BCUT2D eigenvalue weighted by atomic mass is 9.85. The smallest absolute Gasteiger partial charge is 0.407 e. The maximum Gasteiger partial charge on any atom is 0.407 e. The number of hydrogen-bond donors (Lipinski definition) is 4. The van der Waals surface area contributed by atoms with E-state index >= 15 is 0 Å². The van der Waals surface area contributed by atoms with Crippen LogP contribution in [0.15, 0.2) is 66.7 Å². The second-order valence-electron chi connectivity index (χ2n) is 10.9. The number of amides is 2. The van der Waals surface area contributed by atoms with Crippen molar-refractivity contribution >= 4 is 17.7 Å². The van der Waals surface area contributed by atoms with Crippen molar-refractivity contribution in [3.8, 4) is 0 Å². The van der Waals surface area contributed by atoms with E-state index in [1.165, 1.54) is 24.3 Å². The highest BCUT2D eigenvalue weighted by Crippen LogP contribution is 2.30. The van der Waals surface area contributed by atoms with Gasteiger partial charge < -0.3 is 31.2 Å². The molecule has 3 aromatic rings. The van der Waals surface area contributed by atoms with Crippen LogP contribution in [0.2, 0.25) is 0 Å². The fourth-order valence-corrected chi connectivity index (χ4v) is 5.13. The molecular formula is C32H35F5N4O4. The van der Waals surface area contributed by atoms with E-state index in [1.54, 1.807) is 35.6 Å². The van der Waals surface area contributed by atoms with Crippen LogP contribution in [0.3, 0.4) is 0 Å². The second-order valence-corrected chi connectivity index (χ2v) is 10.9. The summed E-state index contributed by atoms with van der Waals surface area (Å²) >= 11 is 0. The summed E-state index contributed by atoms with van der Waals surface area (Å²) in [4.78, 5) is 25.0. The molecule has 1 fully saturated rings. The molecule has 0 spiro atoms. The largest absolute Gasteiger partial charge is 0.448 e. The maximum absolute atomic E-state index is 13.7. The lowest BCUT2D eigenvalue weighted by Crippen LogP contribution is -2.49. The Balaban J connectivity index is 1.35. The summed E-state index contributed by atoms with van der Waals surface area (Å²) in [6.07, 6.45) is -4.76. The average Bonchev–Trinajstić information content (AvgIpc) is 3.01. The molecule has 1 heterocycles. The lowest BCUT2D eigenvalue weighted by Gasteiger charge is -2.30. The van der Waals surface area contributed by atoms with Crippen molar-refractivity contribution in [2.24, 2.45) is 5.73 Å². The van der Waals surface area contributed by atoms with E-state index in [0.29, 0.717) is 36.2 Å². The van der Waals surface area contributed by atoms with Gasteiger partial charge in [-0.05, 0) is 72.4 Å². The van der Waals surface area contributed by atoms with E-state index in [2.05, 4.69) is 10.6 Å². The van der Waals surface area contributed by atoms with E-state index in [0.717, 1.165) is 11.1 Å². The number of halogens is 5. The van der Waals surface area contributed by atoms with Gasteiger partial charge in [0, 0.05) is 18.2 Å². The Hall–Kier alpha value is -4.07. The Morgan fingerprint density at radius 3 is 2.20 bits per heavy atom. The molecule has 0 aliphatic carbocycles. The van der Waals surface area contributed by atoms with E-state index in [1.807, 2.05) is 19.1 Å². The molecule has 3 atom stereocenters. The van der Waals surface area contributed by atoms with Crippen LogP contribution in [-0.4, -0.2) is 62.7 Å². The predicted molar refractivity (Wildman–Crippen MR) is 158 cm³/mol. The Bertz CT molecular complexity index is 1380. The number of hydrogen-bond acceptors (Lipinski definition) is 6. The summed E-state index contributed by atoms with van der Waals surface area (Å²) in [7, 11) is 0. The van der Waals surface area contributed by atoms with Gasteiger partial charge in [0.2, 0.25) is 5.91 Å². The third-order valence-electron chi connectivity index (χ3n) is 7.52. The minimum absolute atomic E-state index is 0.151. The topological polar surface area (TPSA) is 115 Å². The summed E-state index contributed by atoms with van der Waals surface area (Å²) in [5.41, 5.74) is 10.1. The van der Waals surface area contributed by atoms with Crippen molar-refractivity contribution in [3.63, 3.8) is 0 Å². The molecule has 1 saturated heterocycles. The normalized spacial score (nSPS) is 17.5. The number of nitrogens with two attached hydrogens (primary N) is 1. The molecule has 0 bridgehead atoms. The van der Waals surface area contributed by atoms with Gasteiger partial charge in [-0.2, -0.15) is 13.2 Å². The SMILES string of the molecule is Cc1cccc(NC(=O)[C@@H](N)C(c2ccc(F)cc2)c2ccc(F)cc2)c1CC[C@@H]1CN[C@H](COC(=O)NCC(F)(F)F)CO1. The standard InChI is InChI=1S/C32H35F5N4O4/c1-19-3-2-4-27(26(19)14-13-25-15-39-24(16-44-25)17-45-31(43)40-18-32(35,36)37)41-30(42)29(38)28(20-5-9-22(33)10-6-20)21-7-11-23(34)12-8-21/h2-12,24-25,28-29,39H,13-18,38H2,1H3,(H,40,43)(H,41,42)/t24-,25+,29-/m0/s1. The highest BCUT2D eigenvalue weighted by atomic mass is 19.4. The van der Waals surface area contributed by atoms with Crippen LogP contribution in [0.25, 0.3) is 0 Å². The van der Waals surface area contributed by atoms with E-state index in [4.69, 9.17) is 15.2 Å². The molecule has 3 aromatic carbocycles. The Morgan fingerprint density at radius 2 is 1.64 bits per heavy atom. The Labute approximate surface area is 257 Å². The molecule has 5 N–H and O–H groups in total. The number of morpholine rings is 1. The lowest BCUT2D eigenvalue weighted by molar-refractivity contribution is -0.124. The van der Waals surface area contributed by atoms with Crippen LogP contribution in [0.1, 0.15) is 34.6 Å². The highest BCUT2D eigenvalue weighted by Gasteiger charge is 2.30. The van der Waals surface area contributed by atoms with E-state index < -0.39 is 48.3 Å². The van der Waals surface area contributed by atoms with Gasteiger partial charge in [0.1, 0.15) is 24.8 Å². The average molecular weight is 635 g/mol. The molecule has 1 aliphatic rings. The molecule has 1 aliphatic heterocycles. The van der Waals surface area contributed by atoms with Gasteiger partial charge in [-0.15, -0.1) is 0 Å². The van der Waals surface area contributed by atoms with Gasteiger partial charge in [-0.3, -0.25) is 4.79 Å². The molecular weight excluding hydrogens is 599 g/mol. The second kappa shape index (κ2) is 15.3. The third kappa shape index (κ3) is 9.96. The van der Waals surface area contributed by atoms with Crippen molar-refractivity contribution in [2.45, 2.75) is 50.0 Å². The van der Waals surface area contributed by atoms with E-state index in [9.17, 15) is 31.5 Å². The number of ether oxygens (including phenoxy) is 2. The summed E-state index contributed by atoms with van der Waals surface area (Å²) in [6, 6.07) is 15.4. The van der Waals surface area contributed by atoms with Crippen LogP contribution >= 0.6 is 0 Å². The molecule has 2 amide bonds. The number of carbonyl (C=O) groups excluding carboxylic acids is 2. The number of nitrogens with one attached hydrogen (secondary N) is 3. The number of benzene rings is 3. The zero-order valence-electron chi connectivity index (χ0n) is 24.5. The van der Waals surface area contributed by atoms with Gasteiger partial charge in [0.05, 0.1) is 24.8 Å². The van der Waals surface area contributed by atoms with Gasteiger partial charge in [0.25, 0.3) is 0 Å². The predicted octanol–water partition coefficient (Wildman–Crippen LogP) is 4.95. The number of carbonyl (C=O) groups is 2. The highest BCUT2D eigenvalue weighted by molar-refractivity contribution is 5.96. The summed E-state index contributed by atoms with van der Waals surface area (Å²) < 4.78 is 74.7. The molecule has 13 heteroatoms.